The number of nitriles is 1. The molecule has 0 amide bonds. The van der Waals surface area contributed by atoms with Crippen molar-refractivity contribution in [3.63, 3.8) is 0 Å². The van der Waals surface area contributed by atoms with E-state index in [0.29, 0.717) is 17.2 Å². The summed E-state index contributed by atoms with van der Waals surface area (Å²) in [5, 5.41) is 11.9. The Morgan fingerprint density at radius 1 is 1.20 bits per heavy atom. The molecule has 0 saturated heterocycles. The van der Waals surface area contributed by atoms with Crippen molar-refractivity contribution >= 4 is 5.82 Å². The zero-order chi connectivity index (χ0) is 14.4. The molecule has 1 aromatic carbocycles. The normalized spacial score (nSPS) is 9.85. The van der Waals surface area contributed by atoms with Crippen LogP contribution in [0.25, 0.3) is 0 Å². The van der Waals surface area contributed by atoms with Gasteiger partial charge in [0, 0.05) is 19.0 Å². The molecule has 1 N–H and O–H groups in total. The third kappa shape index (κ3) is 3.45. The molecule has 0 atom stereocenters. The number of hydrogen-bond acceptors (Lipinski definition) is 5. The first-order chi connectivity index (χ1) is 9.75. The average molecular weight is 268 g/mol. The van der Waals surface area contributed by atoms with Crippen molar-refractivity contribution < 1.29 is 4.74 Å². The number of rotatable bonds is 5. The monoisotopic (exact) mass is 268 g/mol. The van der Waals surface area contributed by atoms with Gasteiger partial charge in [0.15, 0.2) is 0 Å². The Hall–Kier alpha value is -2.61. The summed E-state index contributed by atoms with van der Waals surface area (Å²) in [6.45, 7) is 4.79. The smallest absolute Gasteiger partial charge is 0.224 e. The highest BCUT2D eigenvalue weighted by Crippen LogP contribution is 2.22. The van der Waals surface area contributed by atoms with Crippen molar-refractivity contribution in [1.29, 1.82) is 5.26 Å². The first kappa shape index (κ1) is 13.8. The van der Waals surface area contributed by atoms with Gasteiger partial charge in [-0.2, -0.15) is 10.2 Å². The first-order valence-corrected chi connectivity index (χ1v) is 6.55. The Labute approximate surface area is 118 Å². The van der Waals surface area contributed by atoms with Gasteiger partial charge >= 0.3 is 0 Å². The molecule has 1 heterocycles. The summed E-state index contributed by atoms with van der Waals surface area (Å²) >= 11 is 0. The molecule has 0 unspecified atom stereocenters. The Bertz CT molecular complexity index is 617. The summed E-state index contributed by atoms with van der Waals surface area (Å²) < 4.78 is 5.71. The molecule has 0 radical (unpaired) electrons. The molecule has 5 heteroatoms. The number of ether oxygens (including phenoxy) is 1. The third-order valence-electron chi connectivity index (χ3n) is 2.63. The van der Waals surface area contributed by atoms with Crippen molar-refractivity contribution in [2.24, 2.45) is 0 Å². The van der Waals surface area contributed by atoms with Crippen LogP contribution in [0.2, 0.25) is 0 Å². The molecule has 20 heavy (non-hydrogen) atoms. The fourth-order valence-electron chi connectivity index (χ4n) is 1.67. The van der Waals surface area contributed by atoms with E-state index in [2.05, 4.69) is 21.4 Å². The van der Waals surface area contributed by atoms with Crippen LogP contribution in [0.15, 0.2) is 30.3 Å². The van der Waals surface area contributed by atoms with Crippen molar-refractivity contribution in [3.05, 3.63) is 41.7 Å². The Balaban J connectivity index is 2.22. The van der Waals surface area contributed by atoms with E-state index in [-0.39, 0.29) is 0 Å². The molecule has 0 fully saturated rings. The lowest BCUT2D eigenvalue weighted by Crippen LogP contribution is -2.04. The molecule has 0 aliphatic rings. The SMILES string of the molecule is CCNc1cc(Oc2ccc(C#N)cc2)nc(CC)n1. The summed E-state index contributed by atoms with van der Waals surface area (Å²) in [5.74, 6) is 2.62. The zero-order valence-corrected chi connectivity index (χ0v) is 11.6. The molecule has 0 aliphatic heterocycles. The lowest BCUT2D eigenvalue weighted by molar-refractivity contribution is 0.459. The van der Waals surface area contributed by atoms with Gasteiger partial charge in [-0.3, -0.25) is 0 Å². The van der Waals surface area contributed by atoms with Crippen LogP contribution < -0.4 is 10.1 Å². The molecule has 0 aliphatic carbocycles. The molecule has 2 aromatic rings. The van der Waals surface area contributed by atoms with Crippen LogP contribution in [0.1, 0.15) is 25.2 Å². The predicted octanol–water partition coefficient (Wildman–Crippen LogP) is 3.13. The van der Waals surface area contributed by atoms with Crippen molar-refractivity contribution in [3.8, 4) is 17.7 Å². The molecule has 0 bridgehead atoms. The van der Waals surface area contributed by atoms with Crippen LogP contribution in [0.5, 0.6) is 11.6 Å². The van der Waals surface area contributed by atoms with E-state index in [4.69, 9.17) is 10.00 Å². The van der Waals surface area contributed by atoms with E-state index in [9.17, 15) is 0 Å². The van der Waals surface area contributed by atoms with E-state index in [0.717, 1.165) is 24.6 Å². The van der Waals surface area contributed by atoms with E-state index < -0.39 is 0 Å². The standard InChI is InChI=1S/C15H16N4O/c1-3-13-18-14(17-4-2)9-15(19-13)20-12-7-5-11(10-16)6-8-12/h5-9H,3-4H2,1-2H3,(H,17,18,19). The maximum atomic E-state index is 8.76. The van der Waals surface area contributed by atoms with Crippen molar-refractivity contribution in [2.45, 2.75) is 20.3 Å². The second-order valence-corrected chi connectivity index (χ2v) is 4.13. The molecule has 102 valence electrons. The number of benzene rings is 1. The third-order valence-corrected chi connectivity index (χ3v) is 2.63. The Kier molecular flexibility index (Phi) is 4.51. The number of nitrogens with zero attached hydrogens (tertiary/aromatic N) is 3. The highest BCUT2D eigenvalue weighted by molar-refractivity contribution is 5.41. The lowest BCUT2D eigenvalue weighted by Gasteiger charge is -2.09. The summed E-state index contributed by atoms with van der Waals surface area (Å²) in [6.07, 6.45) is 0.739. The quantitative estimate of drug-likeness (QED) is 0.902. The van der Waals surface area contributed by atoms with Crippen LogP contribution in [0, 0.1) is 11.3 Å². The number of hydrogen-bond donors (Lipinski definition) is 1. The highest BCUT2D eigenvalue weighted by Gasteiger charge is 2.05. The summed E-state index contributed by atoms with van der Waals surface area (Å²) in [7, 11) is 0. The van der Waals surface area contributed by atoms with Crippen LogP contribution >= 0.6 is 0 Å². The predicted molar refractivity (Wildman–Crippen MR) is 76.8 cm³/mol. The fraction of sp³-hybridized carbons (Fsp3) is 0.267. The summed E-state index contributed by atoms with van der Waals surface area (Å²) in [6, 6.07) is 10.8. The zero-order valence-electron chi connectivity index (χ0n) is 11.6. The molecule has 5 nitrogen and oxygen atoms in total. The second kappa shape index (κ2) is 6.53. The molecule has 1 aromatic heterocycles. The van der Waals surface area contributed by atoms with Gasteiger partial charge in [-0.25, -0.2) is 4.98 Å². The van der Waals surface area contributed by atoms with Crippen LogP contribution in [-0.2, 0) is 6.42 Å². The Morgan fingerprint density at radius 2 is 1.95 bits per heavy atom. The highest BCUT2D eigenvalue weighted by atomic mass is 16.5. The van der Waals surface area contributed by atoms with Gasteiger partial charge in [0.05, 0.1) is 11.6 Å². The lowest BCUT2D eigenvalue weighted by atomic mass is 10.2. The minimum Gasteiger partial charge on any atom is -0.439 e. The number of aryl methyl sites for hydroxylation is 1. The minimum absolute atomic E-state index is 0.498. The van der Waals surface area contributed by atoms with E-state index in [1.165, 1.54) is 0 Å². The Morgan fingerprint density at radius 3 is 2.55 bits per heavy atom. The van der Waals surface area contributed by atoms with E-state index in [1.54, 1.807) is 30.3 Å². The number of anilines is 1. The van der Waals surface area contributed by atoms with Crippen molar-refractivity contribution in [1.82, 2.24) is 9.97 Å². The topological polar surface area (TPSA) is 70.8 Å². The van der Waals surface area contributed by atoms with Gasteiger partial charge in [-0.15, -0.1) is 0 Å². The van der Waals surface area contributed by atoms with Crippen LogP contribution in [-0.4, -0.2) is 16.5 Å². The van der Waals surface area contributed by atoms with Crippen LogP contribution in [0.4, 0.5) is 5.82 Å². The van der Waals surface area contributed by atoms with Crippen LogP contribution in [0.3, 0.4) is 0 Å². The molecular weight excluding hydrogens is 252 g/mol. The summed E-state index contributed by atoms with van der Waals surface area (Å²) in [5.41, 5.74) is 0.600. The largest absolute Gasteiger partial charge is 0.439 e. The molecule has 2 rings (SSSR count). The van der Waals surface area contributed by atoms with E-state index in [1.807, 2.05) is 13.8 Å². The molecular formula is C15H16N4O. The van der Waals surface area contributed by atoms with E-state index >= 15 is 0 Å². The number of nitrogens with one attached hydrogen (secondary N) is 1. The maximum Gasteiger partial charge on any atom is 0.224 e. The van der Waals surface area contributed by atoms with Gasteiger partial charge < -0.3 is 10.1 Å². The van der Waals surface area contributed by atoms with Gasteiger partial charge in [0.2, 0.25) is 5.88 Å². The average Bonchev–Trinajstić information content (AvgIpc) is 2.48. The molecule has 0 saturated carbocycles. The second-order valence-electron chi connectivity index (χ2n) is 4.13. The van der Waals surface area contributed by atoms with Gasteiger partial charge in [0.25, 0.3) is 0 Å². The van der Waals surface area contributed by atoms with Gasteiger partial charge in [-0.1, -0.05) is 6.92 Å². The number of aromatic nitrogens is 2. The summed E-state index contributed by atoms with van der Waals surface area (Å²) in [4.78, 5) is 8.70. The van der Waals surface area contributed by atoms with Gasteiger partial charge in [-0.05, 0) is 31.2 Å². The molecule has 0 spiro atoms. The van der Waals surface area contributed by atoms with Crippen molar-refractivity contribution in [2.75, 3.05) is 11.9 Å². The fourth-order valence-corrected chi connectivity index (χ4v) is 1.67. The maximum absolute atomic E-state index is 8.76. The van der Waals surface area contributed by atoms with Gasteiger partial charge in [0.1, 0.15) is 17.4 Å². The first-order valence-electron chi connectivity index (χ1n) is 6.55. The minimum atomic E-state index is 0.498.